The summed E-state index contributed by atoms with van der Waals surface area (Å²) in [5, 5.41) is 0. The van der Waals surface area contributed by atoms with Crippen LogP contribution in [0.2, 0.25) is 0 Å². The SMILES string of the molecule is CCS(=O)(=NC)N[C@@H]1CC[C@@H](COSI)OC1. The number of hydrogen-bond acceptors (Lipinski definition) is 5. The van der Waals surface area contributed by atoms with Crippen molar-refractivity contribution in [1.82, 2.24) is 4.72 Å². The highest BCUT2D eigenvalue weighted by Crippen LogP contribution is 2.19. The minimum atomic E-state index is -2.24. The van der Waals surface area contributed by atoms with Crippen molar-refractivity contribution >= 4 is 40.3 Å². The predicted octanol–water partition coefficient (Wildman–Crippen LogP) is 2.17. The van der Waals surface area contributed by atoms with E-state index in [9.17, 15) is 4.21 Å². The van der Waals surface area contributed by atoms with Gasteiger partial charge in [-0.1, -0.05) is 6.92 Å². The van der Waals surface area contributed by atoms with Gasteiger partial charge in [0.05, 0.1) is 28.5 Å². The molecule has 0 amide bonds. The van der Waals surface area contributed by atoms with Crippen molar-refractivity contribution in [3.63, 3.8) is 0 Å². The fourth-order valence-electron chi connectivity index (χ4n) is 1.66. The Hall–Kier alpha value is 0.910. The van der Waals surface area contributed by atoms with E-state index in [4.69, 9.17) is 8.92 Å². The molecule has 0 bridgehead atoms. The van der Waals surface area contributed by atoms with Crippen molar-refractivity contribution < 1.29 is 13.1 Å². The van der Waals surface area contributed by atoms with Gasteiger partial charge >= 0.3 is 0 Å². The van der Waals surface area contributed by atoms with Gasteiger partial charge in [-0.2, -0.15) is 0 Å². The largest absolute Gasteiger partial charge is 0.374 e. The third-order valence-electron chi connectivity index (χ3n) is 2.71. The summed E-state index contributed by atoms with van der Waals surface area (Å²) < 4.78 is 30.0. The van der Waals surface area contributed by atoms with Gasteiger partial charge in [0.25, 0.3) is 0 Å². The number of ether oxygens (including phenoxy) is 1. The van der Waals surface area contributed by atoms with E-state index in [1.165, 1.54) is 9.21 Å². The first-order chi connectivity index (χ1) is 8.13. The zero-order chi connectivity index (χ0) is 12.7. The van der Waals surface area contributed by atoms with Gasteiger partial charge in [0.2, 0.25) is 0 Å². The molecule has 0 spiro atoms. The Labute approximate surface area is 120 Å². The molecule has 0 aromatic carbocycles. The van der Waals surface area contributed by atoms with Crippen LogP contribution >= 0.6 is 30.4 Å². The zero-order valence-electron chi connectivity index (χ0n) is 10.1. The molecule has 1 saturated heterocycles. The molecule has 1 aliphatic rings. The molecule has 0 aliphatic carbocycles. The highest BCUT2D eigenvalue weighted by atomic mass is 127. The van der Waals surface area contributed by atoms with Crippen LogP contribution in [0.4, 0.5) is 0 Å². The molecular weight excluding hydrogens is 375 g/mol. The van der Waals surface area contributed by atoms with E-state index in [1.807, 2.05) is 6.92 Å². The molecule has 5 nitrogen and oxygen atoms in total. The number of nitrogens with zero attached hydrogens (tertiary/aromatic N) is 1. The molecule has 1 heterocycles. The average molecular weight is 394 g/mol. The zero-order valence-corrected chi connectivity index (χ0v) is 13.8. The maximum atomic E-state index is 12.1. The smallest absolute Gasteiger partial charge is 0.107 e. The standard InChI is InChI=1S/C9H19IN2O3S2/c1-3-17(13,11-2)12-8-4-5-9(14-6-8)7-15-16-10/h8-9H,3-7H2,1-2H3,(H,11,12,13)/t8-,9+,17?/m1/s1. The summed E-state index contributed by atoms with van der Waals surface area (Å²) in [6, 6.07) is 0.134. The average Bonchev–Trinajstić information content (AvgIpc) is 2.38. The fraction of sp³-hybridized carbons (Fsp3) is 1.00. The Morgan fingerprint density at radius 1 is 1.65 bits per heavy atom. The lowest BCUT2D eigenvalue weighted by molar-refractivity contribution is -0.0182. The number of nitrogens with one attached hydrogen (secondary N) is 1. The van der Waals surface area contributed by atoms with Crippen LogP contribution in [0.5, 0.6) is 0 Å². The normalized spacial score (nSPS) is 28.6. The summed E-state index contributed by atoms with van der Waals surface area (Å²) in [7, 11) is 0.680. The lowest BCUT2D eigenvalue weighted by Gasteiger charge is -2.29. The van der Waals surface area contributed by atoms with Gasteiger partial charge in [0.1, 0.15) is 9.92 Å². The van der Waals surface area contributed by atoms with Crippen LogP contribution in [0.3, 0.4) is 0 Å². The van der Waals surface area contributed by atoms with Crippen LogP contribution in [-0.4, -0.2) is 42.4 Å². The van der Waals surface area contributed by atoms with Gasteiger partial charge in [-0.3, -0.25) is 0 Å². The second-order valence-corrected chi connectivity index (χ2v) is 7.71. The van der Waals surface area contributed by atoms with Crippen LogP contribution in [0.25, 0.3) is 0 Å². The van der Waals surface area contributed by atoms with Crippen LogP contribution in [0.1, 0.15) is 19.8 Å². The molecule has 1 fully saturated rings. The minimum Gasteiger partial charge on any atom is -0.374 e. The van der Waals surface area contributed by atoms with E-state index >= 15 is 0 Å². The van der Waals surface area contributed by atoms with Crippen molar-refractivity contribution in [2.45, 2.75) is 31.9 Å². The van der Waals surface area contributed by atoms with Crippen molar-refractivity contribution in [2.75, 3.05) is 26.0 Å². The van der Waals surface area contributed by atoms with E-state index < -0.39 is 9.92 Å². The Bertz CT molecular complexity index is 326. The van der Waals surface area contributed by atoms with Crippen molar-refractivity contribution in [1.29, 1.82) is 0 Å². The molecule has 3 atom stereocenters. The summed E-state index contributed by atoms with van der Waals surface area (Å²) in [6.45, 7) is 3.06. The number of rotatable bonds is 6. The van der Waals surface area contributed by atoms with E-state index in [0.717, 1.165) is 12.8 Å². The monoisotopic (exact) mass is 394 g/mol. The predicted molar refractivity (Wildman–Crippen MR) is 80.5 cm³/mol. The molecule has 0 aromatic heterocycles. The van der Waals surface area contributed by atoms with Crippen molar-refractivity contribution in [3.05, 3.63) is 0 Å². The van der Waals surface area contributed by atoms with Gasteiger partial charge < -0.3 is 8.92 Å². The van der Waals surface area contributed by atoms with Crippen molar-refractivity contribution in [3.8, 4) is 0 Å². The Balaban J connectivity index is 2.35. The quantitative estimate of drug-likeness (QED) is 0.554. The third-order valence-corrected chi connectivity index (χ3v) is 5.77. The molecule has 102 valence electrons. The Morgan fingerprint density at radius 3 is 2.88 bits per heavy atom. The topological polar surface area (TPSA) is 59.9 Å². The fourth-order valence-corrected chi connectivity index (χ4v) is 3.54. The Kier molecular flexibility index (Phi) is 7.66. The molecule has 8 heteroatoms. The van der Waals surface area contributed by atoms with Gasteiger partial charge in [-0.05, 0) is 12.8 Å². The first-order valence-electron chi connectivity index (χ1n) is 5.55. The number of halogens is 1. The summed E-state index contributed by atoms with van der Waals surface area (Å²) in [5.41, 5.74) is 0. The second-order valence-electron chi connectivity index (χ2n) is 3.81. The van der Waals surface area contributed by atoms with Crippen LogP contribution in [0, 0.1) is 0 Å². The number of hydrogen-bond donors (Lipinski definition) is 1. The molecule has 1 unspecified atom stereocenters. The van der Waals surface area contributed by atoms with Crippen LogP contribution in [0.15, 0.2) is 4.36 Å². The van der Waals surface area contributed by atoms with Crippen LogP contribution < -0.4 is 4.72 Å². The van der Waals surface area contributed by atoms with Gasteiger partial charge in [-0.15, -0.1) is 0 Å². The Morgan fingerprint density at radius 2 is 2.41 bits per heavy atom. The second kappa shape index (κ2) is 8.16. The summed E-state index contributed by atoms with van der Waals surface area (Å²) in [6.07, 6.45) is 2.04. The first kappa shape index (κ1) is 16.0. The first-order valence-corrected chi connectivity index (χ1v) is 10.5. The molecule has 0 aromatic rings. The molecular formula is C9H19IN2O3S2. The third kappa shape index (κ3) is 5.60. The maximum Gasteiger partial charge on any atom is 0.107 e. The van der Waals surface area contributed by atoms with Gasteiger partial charge in [-0.25, -0.2) is 13.3 Å². The molecule has 0 radical (unpaired) electrons. The summed E-state index contributed by atoms with van der Waals surface area (Å²) >= 11 is 2.09. The maximum absolute atomic E-state index is 12.1. The highest BCUT2D eigenvalue weighted by molar-refractivity contribution is 14.2. The molecule has 0 saturated carbocycles. The lowest BCUT2D eigenvalue weighted by atomic mass is 10.1. The van der Waals surface area contributed by atoms with E-state index in [-0.39, 0.29) is 12.1 Å². The lowest BCUT2D eigenvalue weighted by Crippen LogP contribution is -2.44. The van der Waals surface area contributed by atoms with E-state index in [0.29, 0.717) is 19.0 Å². The molecule has 1 N–H and O–H groups in total. The van der Waals surface area contributed by atoms with E-state index in [1.54, 1.807) is 7.05 Å². The van der Waals surface area contributed by atoms with Crippen LogP contribution in [-0.2, 0) is 18.8 Å². The van der Waals surface area contributed by atoms with Crippen molar-refractivity contribution in [2.24, 2.45) is 4.36 Å². The molecule has 1 aliphatic heterocycles. The summed E-state index contributed by atoms with van der Waals surface area (Å²) in [5.74, 6) is 0.526. The van der Waals surface area contributed by atoms with Gasteiger partial charge in [0, 0.05) is 40.0 Å². The molecule has 1 rings (SSSR count). The van der Waals surface area contributed by atoms with Gasteiger partial charge in [0.15, 0.2) is 0 Å². The van der Waals surface area contributed by atoms with E-state index in [2.05, 4.69) is 30.3 Å². The highest BCUT2D eigenvalue weighted by Gasteiger charge is 2.24. The minimum absolute atomic E-state index is 0.134. The summed E-state index contributed by atoms with van der Waals surface area (Å²) in [4.78, 5) is 0. The molecule has 17 heavy (non-hydrogen) atoms.